The molecule has 2 aliphatic carbocycles. The van der Waals surface area contributed by atoms with Crippen molar-refractivity contribution < 1.29 is 24.3 Å². The molecule has 28 heavy (non-hydrogen) atoms. The van der Waals surface area contributed by atoms with E-state index in [0.717, 1.165) is 30.6 Å². The Bertz CT molecular complexity index is 766. The fourth-order valence-corrected chi connectivity index (χ4v) is 4.72. The molecule has 3 atom stereocenters. The lowest BCUT2D eigenvalue weighted by Crippen LogP contribution is -2.54. The van der Waals surface area contributed by atoms with Crippen LogP contribution in [0, 0.1) is 17.8 Å². The van der Waals surface area contributed by atoms with E-state index < -0.39 is 23.8 Å². The highest BCUT2D eigenvalue weighted by molar-refractivity contribution is 6.12. The number of likely N-dealkylation sites (tertiary alicyclic amines) is 1. The molecule has 4 rings (SSSR count). The third-order valence-corrected chi connectivity index (χ3v) is 6.31. The highest BCUT2D eigenvalue weighted by Gasteiger charge is 2.53. The van der Waals surface area contributed by atoms with Crippen LogP contribution in [0.3, 0.4) is 0 Å². The number of amides is 4. The molecular weight excluding hydrogens is 362 g/mol. The summed E-state index contributed by atoms with van der Waals surface area (Å²) in [6, 6.07) is -0.716. The highest BCUT2D eigenvalue weighted by atomic mass is 16.3. The molecule has 0 aromatic carbocycles. The maximum absolute atomic E-state index is 13.1. The lowest BCUT2D eigenvalue weighted by Gasteiger charge is -2.32. The first-order valence-electron chi connectivity index (χ1n) is 9.96. The van der Waals surface area contributed by atoms with Crippen molar-refractivity contribution in [2.75, 3.05) is 6.61 Å². The minimum absolute atomic E-state index is 0.119. The van der Waals surface area contributed by atoms with Crippen LogP contribution in [-0.4, -0.2) is 52.3 Å². The molecule has 3 N–H and O–H groups in total. The number of piperidine rings is 1. The van der Waals surface area contributed by atoms with Crippen LogP contribution in [0.1, 0.15) is 38.5 Å². The van der Waals surface area contributed by atoms with E-state index in [2.05, 4.69) is 10.6 Å². The van der Waals surface area contributed by atoms with Crippen molar-refractivity contribution >= 4 is 23.6 Å². The fourth-order valence-electron chi connectivity index (χ4n) is 4.72. The summed E-state index contributed by atoms with van der Waals surface area (Å²) in [5.74, 6) is -2.63. The van der Waals surface area contributed by atoms with Crippen LogP contribution in [0.2, 0.25) is 0 Å². The van der Waals surface area contributed by atoms with Crippen LogP contribution in [-0.2, 0) is 19.2 Å². The molecule has 4 aliphatic rings. The van der Waals surface area contributed by atoms with Gasteiger partial charge >= 0.3 is 0 Å². The standard InChI is InChI=1S/C20H25N3O5/c24-10-11-4-6-12(7-5-11)21-14-3-1-2-13-17(14)20(28)23(19(13)27)15-8-9-16(25)22-18(15)26/h1-3,11-13,15,17,21,24H,4-10H2,(H,22,25,26)/t11?,12?,13-,15-,17-/m0/s1. The van der Waals surface area contributed by atoms with Gasteiger partial charge < -0.3 is 10.4 Å². The van der Waals surface area contributed by atoms with Gasteiger partial charge in [0, 0.05) is 24.8 Å². The van der Waals surface area contributed by atoms with Crippen molar-refractivity contribution in [2.45, 2.75) is 50.6 Å². The van der Waals surface area contributed by atoms with E-state index in [0.29, 0.717) is 11.6 Å². The van der Waals surface area contributed by atoms with Gasteiger partial charge in [0.25, 0.3) is 0 Å². The second kappa shape index (κ2) is 7.50. The number of hydrogen-bond acceptors (Lipinski definition) is 6. The smallest absolute Gasteiger partial charge is 0.249 e. The molecule has 0 radical (unpaired) electrons. The van der Waals surface area contributed by atoms with Gasteiger partial charge in [-0.25, -0.2) is 0 Å². The average Bonchev–Trinajstić information content (AvgIpc) is 2.94. The van der Waals surface area contributed by atoms with Crippen LogP contribution in [0.25, 0.3) is 0 Å². The number of carbonyl (C=O) groups excluding carboxylic acids is 4. The van der Waals surface area contributed by atoms with E-state index in [4.69, 9.17) is 0 Å². The number of carbonyl (C=O) groups is 4. The van der Waals surface area contributed by atoms with Crippen LogP contribution in [0.15, 0.2) is 23.9 Å². The van der Waals surface area contributed by atoms with E-state index in [1.807, 2.05) is 6.08 Å². The quantitative estimate of drug-likeness (QED) is 0.584. The summed E-state index contributed by atoms with van der Waals surface area (Å²) >= 11 is 0. The summed E-state index contributed by atoms with van der Waals surface area (Å²) in [5.41, 5.74) is 0.716. The zero-order chi connectivity index (χ0) is 19.8. The summed E-state index contributed by atoms with van der Waals surface area (Å²) in [5, 5.41) is 15.0. The van der Waals surface area contributed by atoms with Gasteiger partial charge in [0.1, 0.15) is 6.04 Å². The number of imide groups is 2. The molecule has 3 fully saturated rings. The molecule has 0 aromatic heterocycles. The Morgan fingerprint density at radius 3 is 2.50 bits per heavy atom. The normalized spacial score (nSPS) is 35.5. The molecule has 4 amide bonds. The minimum atomic E-state index is -0.919. The molecule has 8 heteroatoms. The highest BCUT2D eigenvalue weighted by Crippen LogP contribution is 2.37. The second-order valence-corrected chi connectivity index (χ2v) is 8.07. The molecule has 0 bridgehead atoms. The van der Waals surface area contributed by atoms with E-state index >= 15 is 0 Å². The van der Waals surface area contributed by atoms with Gasteiger partial charge in [-0.3, -0.25) is 29.4 Å². The maximum Gasteiger partial charge on any atom is 0.249 e. The zero-order valence-electron chi connectivity index (χ0n) is 15.6. The van der Waals surface area contributed by atoms with Crippen molar-refractivity contribution in [1.29, 1.82) is 0 Å². The molecule has 1 saturated carbocycles. The Hall–Kier alpha value is -2.48. The molecule has 2 aliphatic heterocycles. The van der Waals surface area contributed by atoms with Crippen molar-refractivity contribution in [2.24, 2.45) is 17.8 Å². The number of nitrogens with zero attached hydrogens (tertiary/aromatic N) is 1. The number of aliphatic hydroxyl groups excluding tert-OH is 1. The summed E-state index contributed by atoms with van der Waals surface area (Å²) in [6.07, 6.45) is 9.29. The third kappa shape index (κ3) is 3.26. The summed E-state index contributed by atoms with van der Waals surface area (Å²) < 4.78 is 0. The van der Waals surface area contributed by atoms with E-state index in [-0.39, 0.29) is 43.2 Å². The van der Waals surface area contributed by atoms with Crippen LogP contribution in [0.5, 0.6) is 0 Å². The second-order valence-electron chi connectivity index (χ2n) is 8.07. The van der Waals surface area contributed by atoms with E-state index in [1.54, 1.807) is 12.2 Å². The number of nitrogens with one attached hydrogen (secondary N) is 2. The first-order chi connectivity index (χ1) is 13.5. The monoisotopic (exact) mass is 387 g/mol. The zero-order valence-corrected chi connectivity index (χ0v) is 15.6. The Morgan fingerprint density at radius 2 is 1.82 bits per heavy atom. The Balaban J connectivity index is 1.49. The number of aliphatic hydroxyl groups is 1. The Labute approximate surface area is 163 Å². The van der Waals surface area contributed by atoms with Gasteiger partial charge in [-0.05, 0) is 44.1 Å². The predicted octanol–water partition coefficient (Wildman–Crippen LogP) is -0.0128. The SMILES string of the molecule is O=C1CC[C@H](N2C(=O)[C@@H]3C(NC4CCC(CO)CC4)=CC=C[C@@H]3C2=O)C(=O)N1. The number of allylic oxidation sites excluding steroid dienone is 2. The lowest BCUT2D eigenvalue weighted by molar-refractivity contribution is -0.151. The molecule has 8 nitrogen and oxygen atoms in total. The van der Waals surface area contributed by atoms with Crippen molar-refractivity contribution in [3.8, 4) is 0 Å². The largest absolute Gasteiger partial charge is 0.396 e. The Morgan fingerprint density at radius 1 is 1.07 bits per heavy atom. The van der Waals surface area contributed by atoms with Crippen LogP contribution >= 0.6 is 0 Å². The predicted molar refractivity (Wildman–Crippen MR) is 98.2 cm³/mol. The van der Waals surface area contributed by atoms with Gasteiger partial charge in [0.2, 0.25) is 23.6 Å². The first-order valence-corrected chi connectivity index (χ1v) is 9.96. The third-order valence-electron chi connectivity index (χ3n) is 6.31. The fraction of sp³-hybridized carbons (Fsp3) is 0.600. The number of hydrogen-bond donors (Lipinski definition) is 3. The molecule has 0 spiro atoms. The number of fused-ring (bicyclic) bond motifs is 1. The Kier molecular flexibility index (Phi) is 5.05. The van der Waals surface area contributed by atoms with Crippen molar-refractivity contribution in [3.05, 3.63) is 23.9 Å². The molecular formula is C20H25N3O5. The average molecular weight is 387 g/mol. The number of rotatable bonds is 4. The molecule has 2 saturated heterocycles. The summed E-state index contributed by atoms with van der Waals surface area (Å²) in [7, 11) is 0. The lowest BCUT2D eigenvalue weighted by atomic mass is 9.84. The van der Waals surface area contributed by atoms with E-state index in [9.17, 15) is 24.3 Å². The molecule has 2 heterocycles. The summed E-state index contributed by atoms with van der Waals surface area (Å²) in [4.78, 5) is 50.7. The van der Waals surface area contributed by atoms with Gasteiger partial charge in [0.15, 0.2) is 0 Å². The topological polar surface area (TPSA) is 116 Å². The summed E-state index contributed by atoms with van der Waals surface area (Å²) in [6.45, 7) is 0.205. The van der Waals surface area contributed by atoms with Gasteiger partial charge in [0.05, 0.1) is 11.8 Å². The first kappa shape index (κ1) is 18.9. The maximum atomic E-state index is 13.1. The van der Waals surface area contributed by atoms with Crippen LogP contribution < -0.4 is 10.6 Å². The van der Waals surface area contributed by atoms with Crippen molar-refractivity contribution in [1.82, 2.24) is 15.5 Å². The van der Waals surface area contributed by atoms with E-state index in [1.165, 1.54) is 0 Å². The van der Waals surface area contributed by atoms with Crippen molar-refractivity contribution in [3.63, 3.8) is 0 Å². The van der Waals surface area contributed by atoms with Gasteiger partial charge in [-0.2, -0.15) is 0 Å². The molecule has 0 aromatic rings. The van der Waals surface area contributed by atoms with Gasteiger partial charge in [-0.15, -0.1) is 0 Å². The molecule has 150 valence electrons. The van der Waals surface area contributed by atoms with Gasteiger partial charge in [-0.1, -0.05) is 12.2 Å². The van der Waals surface area contributed by atoms with Crippen LogP contribution in [0.4, 0.5) is 0 Å². The molecule has 0 unspecified atom stereocenters. The minimum Gasteiger partial charge on any atom is -0.396 e.